The van der Waals surface area contributed by atoms with Crippen molar-refractivity contribution in [3.05, 3.63) is 102 Å². The van der Waals surface area contributed by atoms with Crippen LogP contribution in [-0.2, 0) is 24.8 Å². The van der Waals surface area contributed by atoms with Gasteiger partial charge in [-0.15, -0.1) is 10.2 Å². The normalized spacial score (nSPS) is 11.9. The van der Waals surface area contributed by atoms with E-state index in [4.69, 9.17) is 4.74 Å². The van der Waals surface area contributed by atoms with Gasteiger partial charge in [-0.2, -0.15) is 5.21 Å². The number of pyridine rings is 1. The lowest BCUT2D eigenvalue weighted by Gasteiger charge is -2.23. The zero-order valence-corrected chi connectivity index (χ0v) is 19.1. The van der Waals surface area contributed by atoms with Crippen molar-refractivity contribution >= 4 is 21.6 Å². The summed E-state index contributed by atoms with van der Waals surface area (Å²) in [5.41, 5.74) is 2.22. The Hall–Kier alpha value is -3.70. The number of nitro benzene ring substituents is 1. The molecule has 0 saturated heterocycles. The first-order valence-corrected chi connectivity index (χ1v) is 10.8. The fraction of sp³-hybridized carbons (Fsp3) is 0.182. The molecule has 4 aromatic rings. The summed E-state index contributed by atoms with van der Waals surface area (Å²) in [7, 11) is 1.64. The van der Waals surface area contributed by atoms with Crippen molar-refractivity contribution in [3.63, 3.8) is 0 Å². The molecular formula is C22H19BrN6O4. The molecule has 0 aliphatic rings. The summed E-state index contributed by atoms with van der Waals surface area (Å²) in [5, 5.41) is 24.9. The molecule has 0 bridgehead atoms. The van der Waals surface area contributed by atoms with Gasteiger partial charge in [0.25, 0.3) is 11.2 Å². The highest BCUT2D eigenvalue weighted by molar-refractivity contribution is 9.10. The molecule has 2 heterocycles. The van der Waals surface area contributed by atoms with Gasteiger partial charge in [-0.05, 0) is 38.3 Å². The van der Waals surface area contributed by atoms with Gasteiger partial charge in [-0.3, -0.25) is 14.9 Å². The van der Waals surface area contributed by atoms with Gasteiger partial charge in [-0.1, -0.05) is 42.5 Å². The molecule has 0 spiro atoms. The number of aromatic amines is 1. The third-order valence-corrected chi connectivity index (χ3v) is 5.78. The van der Waals surface area contributed by atoms with Gasteiger partial charge >= 0.3 is 0 Å². The smallest absolute Gasteiger partial charge is 0.269 e. The summed E-state index contributed by atoms with van der Waals surface area (Å²) in [6, 6.07) is 17.7. The molecule has 1 unspecified atom stereocenters. The van der Waals surface area contributed by atoms with Gasteiger partial charge in [-0.25, -0.2) is 0 Å². The van der Waals surface area contributed by atoms with Crippen LogP contribution in [0.1, 0.15) is 22.9 Å². The summed E-state index contributed by atoms with van der Waals surface area (Å²) in [4.78, 5) is 23.9. The van der Waals surface area contributed by atoms with Crippen LogP contribution in [-0.4, -0.2) is 30.1 Å². The molecule has 0 fully saturated rings. The second-order valence-electron chi connectivity index (χ2n) is 7.31. The minimum atomic E-state index is -0.571. The quantitative estimate of drug-likeness (QED) is 0.282. The lowest BCUT2D eigenvalue weighted by Crippen LogP contribution is -2.26. The van der Waals surface area contributed by atoms with Crippen molar-refractivity contribution in [1.82, 2.24) is 25.2 Å². The molecule has 33 heavy (non-hydrogen) atoms. The largest absolute Gasteiger partial charge is 0.367 e. The molecule has 11 heteroatoms. The van der Waals surface area contributed by atoms with Crippen LogP contribution in [0.25, 0.3) is 11.4 Å². The van der Waals surface area contributed by atoms with E-state index in [1.807, 2.05) is 30.3 Å². The second-order valence-corrected chi connectivity index (χ2v) is 8.16. The third kappa shape index (κ3) is 5.04. The Bertz CT molecular complexity index is 1320. The van der Waals surface area contributed by atoms with E-state index in [0.29, 0.717) is 28.8 Å². The number of halogens is 1. The van der Waals surface area contributed by atoms with Crippen LogP contribution in [0.15, 0.2) is 69.9 Å². The van der Waals surface area contributed by atoms with Gasteiger partial charge in [0.05, 0.1) is 22.8 Å². The molecule has 0 saturated carbocycles. The summed E-state index contributed by atoms with van der Waals surface area (Å²) in [5.74, 6) is 0.184. The minimum Gasteiger partial charge on any atom is -0.367 e. The monoisotopic (exact) mass is 510 g/mol. The number of H-pyrrole nitrogens is 1. The number of rotatable bonds is 8. The summed E-state index contributed by atoms with van der Waals surface area (Å²) in [6.07, 6.45) is -0.249. The van der Waals surface area contributed by atoms with E-state index in [-0.39, 0.29) is 22.6 Å². The van der Waals surface area contributed by atoms with Gasteiger partial charge in [0, 0.05) is 30.1 Å². The number of benzene rings is 2. The Balaban J connectivity index is 1.74. The number of tetrazole rings is 1. The van der Waals surface area contributed by atoms with Crippen LogP contribution in [0.2, 0.25) is 0 Å². The Morgan fingerprint density at radius 3 is 2.61 bits per heavy atom. The summed E-state index contributed by atoms with van der Waals surface area (Å²) >= 11 is 3.56. The first-order chi connectivity index (χ1) is 15.9. The number of nitrogens with zero attached hydrogens (tertiary/aromatic N) is 5. The fourth-order valence-electron chi connectivity index (χ4n) is 3.54. The first-order valence-electron chi connectivity index (χ1n) is 9.96. The number of aromatic nitrogens is 5. The maximum Gasteiger partial charge on any atom is 0.269 e. The first kappa shape index (κ1) is 22.5. The third-order valence-electron chi connectivity index (χ3n) is 5.14. The SMILES string of the molecule is Cn1c(C(Cc2cccc([N+](=O)[O-])c2)OCc2ccccc2)c(Br)cc(-c2nn[nH]n2)c1=O. The van der Waals surface area contributed by atoms with E-state index < -0.39 is 11.0 Å². The molecule has 0 radical (unpaired) electrons. The van der Waals surface area contributed by atoms with Crippen molar-refractivity contribution < 1.29 is 9.66 Å². The highest BCUT2D eigenvalue weighted by Gasteiger charge is 2.24. The van der Waals surface area contributed by atoms with Crippen molar-refractivity contribution in [2.45, 2.75) is 19.1 Å². The van der Waals surface area contributed by atoms with Gasteiger partial charge < -0.3 is 9.30 Å². The number of ether oxygens (including phenoxy) is 1. The molecule has 0 aliphatic carbocycles. The minimum absolute atomic E-state index is 0.00489. The zero-order valence-electron chi connectivity index (χ0n) is 17.5. The number of nitrogens with one attached hydrogen (secondary N) is 1. The lowest BCUT2D eigenvalue weighted by molar-refractivity contribution is -0.384. The van der Waals surface area contributed by atoms with Crippen LogP contribution in [0.4, 0.5) is 5.69 Å². The van der Waals surface area contributed by atoms with Crippen molar-refractivity contribution in [2.24, 2.45) is 7.05 Å². The molecule has 2 aromatic carbocycles. The van der Waals surface area contributed by atoms with Gasteiger partial charge in [0.1, 0.15) is 6.10 Å². The topological polar surface area (TPSA) is 129 Å². The van der Waals surface area contributed by atoms with Crippen LogP contribution >= 0.6 is 15.9 Å². The van der Waals surface area contributed by atoms with E-state index in [2.05, 4.69) is 36.6 Å². The number of nitro groups is 1. The van der Waals surface area contributed by atoms with E-state index >= 15 is 0 Å². The maximum atomic E-state index is 13.1. The Labute approximate surface area is 196 Å². The molecule has 2 aromatic heterocycles. The molecular weight excluding hydrogens is 492 g/mol. The van der Waals surface area contributed by atoms with Gasteiger partial charge in [0.15, 0.2) is 0 Å². The lowest BCUT2D eigenvalue weighted by atomic mass is 10.0. The van der Waals surface area contributed by atoms with Crippen LogP contribution in [0.3, 0.4) is 0 Å². The Morgan fingerprint density at radius 1 is 1.15 bits per heavy atom. The predicted octanol–water partition coefficient (Wildman–Crippen LogP) is 3.74. The van der Waals surface area contributed by atoms with E-state index in [9.17, 15) is 14.9 Å². The fourth-order valence-corrected chi connectivity index (χ4v) is 4.29. The highest BCUT2D eigenvalue weighted by Crippen LogP contribution is 2.31. The Kier molecular flexibility index (Phi) is 6.71. The number of hydrogen-bond acceptors (Lipinski definition) is 7. The molecule has 4 rings (SSSR count). The molecule has 1 N–H and O–H groups in total. The van der Waals surface area contributed by atoms with Crippen LogP contribution in [0.5, 0.6) is 0 Å². The summed E-state index contributed by atoms with van der Waals surface area (Å²) in [6.45, 7) is 0.299. The highest BCUT2D eigenvalue weighted by atomic mass is 79.9. The second kappa shape index (κ2) is 9.84. The molecule has 0 amide bonds. The van der Waals surface area contributed by atoms with E-state index in [0.717, 1.165) is 5.56 Å². The van der Waals surface area contributed by atoms with Crippen molar-refractivity contribution in [2.75, 3.05) is 0 Å². The molecule has 168 valence electrons. The molecule has 0 aliphatic heterocycles. The van der Waals surface area contributed by atoms with Crippen LogP contribution in [0, 0.1) is 10.1 Å². The average molecular weight is 511 g/mol. The molecule has 1 atom stereocenters. The number of hydrogen-bond donors (Lipinski definition) is 1. The average Bonchev–Trinajstić information content (AvgIpc) is 3.35. The van der Waals surface area contributed by atoms with Crippen molar-refractivity contribution in [1.29, 1.82) is 0 Å². The Morgan fingerprint density at radius 2 is 1.91 bits per heavy atom. The van der Waals surface area contributed by atoms with E-state index in [1.54, 1.807) is 25.2 Å². The van der Waals surface area contributed by atoms with Crippen LogP contribution < -0.4 is 5.56 Å². The van der Waals surface area contributed by atoms with E-state index in [1.165, 1.54) is 16.7 Å². The standard InChI is InChI=1S/C22H19BrN6O4/c1-28-20(18(23)12-17(22(28)30)21-24-26-27-25-21)19(33-13-14-6-3-2-4-7-14)11-15-8-5-9-16(10-15)29(31)32/h2-10,12,19H,11,13H2,1H3,(H,24,25,26,27). The van der Waals surface area contributed by atoms with Gasteiger partial charge in [0.2, 0.25) is 5.82 Å². The zero-order chi connectivity index (χ0) is 23.4. The maximum absolute atomic E-state index is 13.1. The molecule has 10 nitrogen and oxygen atoms in total. The summed E-state index contributed by atoms with van der Waals surface area (Å²) < 4.78 is 8.35. The predicted molar refractivity (Wildman–Crippen MR) is 123 cm³/mol. The number of non-ortho nitro benzene ring substituents is 1. The van der Waals surface area contributed by atoms with Crippen molar-refractivity contribution in [3.8, 4) is 11.4 Å².